The van der Waals surface area contributed by atoms with Crippen molar-refractivity contribution in [3.63, 3.8) is 0 Å². The number of amides is 1. The molecule has 0 fully saturated rings. The van der Waals surface area contributed by atoms with Gasteiger partial charge in [0.2, 0.25) is 6.29 Å². The first-order chi connectivity index (χ1) is 13.9. The zero-order valence-corrected chi connectivity index (χ0v) is 20.8. The van der Waals surface area contributed by atoms with E-state index in [-0.39, 0.29) is 49.9 Å². The van der Waals surface area contributed by atoms with E-state index < -0.39 is 18.4 Å². The van der Waals surface area contributed by atoms with Crippen LogP contribution in [0.3, 0.4) is 0 Å². The molecule has 0 radical (unpaired) electrons. The number of nitrogens with one attached hydrogen (secondary N) is 1. The molecule has 1 unspecified atom stereocenters. The molecular weight excluding hydrogens is 421 g/mol. The minimum absolute atomic E-state index is 0. The van der Waals surface area contributed by atoms with Gasteiger partial charge in [-0.15, -0.1) is 0 Å². The first-order valence-electron chi connectivity index (χ1n) is 10.0. The molecule has 0 spiro atoms. The normalized spacial score (nSPS) is 11.0. The first-order valence-corrected chi connectivity index (χ1v) is 10.4. The van der Waals surface area contributed by atoms with Gasteiger partial charge >= 0.3 is 47.6 Å². The number of carbonyl (C=O) groups is 3. The maximum absolute atomic E-state index is 11.9. The van der Waals surface area contributed by atoms with Gasteiger partial charge in [0.1, 0.15) is 5.75 Å². The van der Waals surface area contributed by atoms with Gasteiger partial charge in [-0.2, -0.15) is 0 Å². The number of benzene rings is 1. The minimum Gasteiger partial charge on any atom is -1.00 e. The van der Waals surface area contributed by atoms with E-state index in [1.807, 2.05) is 6.92 Å². The van der Waals surface area contributed by atoms with Gasteiger partial charge in [0.05, 0.1) is 0 Å². The topological polar surface area (TPSA) is 90.9 Å². The fourth-order valence-electron chi connectivity index (χ4n) is 2.37. The molecule has 0 aliphatic heterocycles. The predicted molar refractivity (Wildman–Crippen MR) is 111 cm³/mol. The van der Waals surface area contributed by atoms with Crippen LogP contribution in [-0.2, 0) is 19.1 Å². The van der Waals surface area contributed by atoms with E-state index in [0.29, 0.717) is 36.5 Å². The van der Waals surface area contributed by atoms with E-state index in [1.165, 1.54) is 0 Å². The van der Waals surface area contributed by atoms with E-state index in [1.54, 1.807) is 24.3 Å². The number of hydrogen-bond donors (Lipinski definition) is 1. The number of hydrogen-bond acceptors (Lipinski definition) is 6. The van der Waals surface area contributed by atoms with Gasteiger partial charge in [0, 0.05) is 30.8 Å². The van der Waals surface area contributed by atoms with E-state index in [0.717, 1.165) is 19.3 Å². The summed E-state index contributed by atoms with van der Waals surface area (Å²) in [6.07, 6.45) is 3.11. The number of carbonyl (C=O) groups excluding carboxylic acids is 3. The van der Waals surface area contributed by atoms with Crippen LogP contribution in [0.1, 0.15) is 66.6 Å². The molecule has 1 amide bonds. The average molecular weight is 452 g/mol. The van der Waals surface area contributed by atoms with Crippen LogP contribution >= 0.6 is 11.6 Å². The fraction of sp³-hybridized carbons (Fsp3) is 0.571. The summed E-state index contributed by atoms with van der Waals surface area (Å²) in [6, 6.07) is 6.47. The molecule has 0 saturated carbocycles. The number of halogens is 1. The number of unbranched alkanes of at least 4 members (excludes halogenated alkanes) is 2. The SMILES string of the molecule is CCCCCC(=O)OC(CCC)OC(=O)NCCCC(=O)Oc1ccc(Cl)cc1.[H-].[Na+]. The van der Waals surface area contributed by atoms with Crippen LogP contribution < -0.4 is 39.6 Å². The van der Waals surface area contributed by atoms with Crippen molar-refractivity contribution in [2.45, 2.75) is 71.5 Å². The molecule has 0 saturated heterocycles. The molecule has 30 heavy (non-hydrogen) atoms. The van der Waals surface area contributed by atoms with Crippen LogP contribution in [0.15, 0.2) is 24.3 Å². The first kappa shape index (κ1) is 28.7. The van der Waals surface area contributed by atoms with Crippen LogP contribution in [0.5, 0.6) is 5.75 Å². The van der Waals surface area contributed by atoms with Crippen molar-refractivity contribution in [2.75, 3.05) is 6.54 Å². The Morgan fingerprint density at radius 3 is 2.27 bits per heavy atom. The molecule has 0 heterocycles. The zero-order chi connectivity index (χ0) is 21.5. The van der Waals surface area contributed by atoms with Crippen molar-refractivity contribution in [1.29, 1.82) is 0 Å². The fourth-order valence-corrected chi connectivity index (χ4v) is 2.50. The molecule has 1 aromatic rings. The Bertz CT molecular complexity index is 647. The molecule has 7 nitrogen and oxygen atoms in total. The van der Waals surface area contributed by atoms with Gasteiger partial charge in [-0.3, -0.25) is 9.59 Å². The monoisotopic (exact) mass is 451 g/mol. The molecule has 1 aromatic carbocycles. The van der Waals surface area contributed by atoms with Crippen LogP contribution in [0, 0.1) is 0 Å². The van der Waals surface area contributed by atoms with Crippen molar-refractivity contribution < 1.29 is 59.6 Å². The second-order valence-corrected chi connectivity index (χ2v) is 6.97. The van der Waals surface area contributed by atoms with Crippen LogP contribution in [0.4, 0.5) is 4.79 Å². The zero-order valence-electron chi connectivity index (χ0n) is 19.1. The van der Waals surface area contributed by atoms with Crippen LogP contribution in [0.25, 0.3) is 0 Å². The van der Waals surface area contributed by atoms with E-state index in [4.69, 9.17) is 25.8 Å². The van der Waals surface area contributed by atoms with Gasteiger partial charge < -0.3 is 21.0 Å². The summed E-state index contributed by atoms with van der Waals surface area (Å²) in [5.74, 6) is -0.364. The summed E-state index contributed by atoms with van der Waals surface area (Å²) in [5, 5.41) is 3.10. The van der Waals surface area contributed by atoms with Crippen molar-refractivity contribution in [3.05, 3.63) is 29.3 Å². The smallest absolute Gasteiger partial charge is 1.00 e. The quantitative estimate of drug-likeness (QED) is 0.162. The number of rotatable bonds is 13. The Labute approximate surface area is 206 Å². The third kappa shape index (κ3) is 13.9. The molecule has 0 aromatic heterocycles. The average Bonchev–Trinajstić information content (AvgIpc) is 2.67. The maximum atomic E-state index is 11.9. The Hall–Kier alpha value is -1.28. The van der Waals surface area contributed by atoms with Gasteiger partial charge in [0.15, 0.2) is 0 Å². The van der Waals surface area contributed by atoms with E-state index in [9.17, 15) is 14.4 Å². The maximum Gasteiger partial charge on any atom is 1.00 e. The van der Waals surface area contributed by atoms with Crippen molar-refractivity contribution in [3.8, 4) is 5.75 Å². The van der Waals surface area contributed by atoms with Crippen molar-refractivity contribution >= 4 is 29.6 Å². The minimum atomic E-state index is -0.899. The van der Waals surface area contributed by atoms with Gasteiger partial charge in [0.25, 0.3) is 0 Å². The summed E-state index contributed by atoms with van der Waals surface area (Å²) >= 11 is 5.77. The third-order valence-electron chi connectivity index (χ3n) is 3.88. The second-order valence-electron chi connectivity index (χ2n) is 6.53. The number of ether oxygens (including phenoxy) is 3. The Morgan fingerprint density at radius 1 is 0.967 bits per heavy atom. The van der Waals surface area contributed by atoms with Crippen molar-refractivity contribution in [1.82, 2.24) is 5.32 Å². The molecule has 1 N–H and O–H groups in total. The van der Waals surface area contributed by atoms with Crippen LogP contribution in [0.2, 0.25) is 5.02 Å². The summed E-state index contributed by atoms with van der Waals surface area (Å²) < 4.78 is 15.5. The standard InChI is InChI=1S/C21H30ClNO6.Na.H/c1-3-5-6-9-19(25)28-20(8-4-2)29-21(26)23-15-7-10-18(24)27-17-13-11-16(22)12-14-17;;/h11-14,20H,3-10,15H2,1-2H3,(H,23,26);;/q;+1;-1. The molecule has 1 atom stereocenters. The molecule has 0 aliphatic carbocycles. The van der Waals surface area contributed by atoms with E-state index in [2.05, 4.69) is 12.2 Å². The molecular formula is C21H31ClNNaO6. The third-order valence-corrected chi connectivity index (χ3v) is 4.13. The Morgan fingerprint density at radius 2 is 1.63 bits per heavy atom. The van der Waals surface area contributed by atoms with E-state index >= 15 is 0 Å². The summed E-state index contributed by atoms with van der Waals surface area (Å²) in [5.41, 5.74) is 0. The summed E-state index contributed by atoms with van der Waals surface area (Å²) in [7, 11) is 0. The van der Waals surface area contributed by atoms with Gasteiger partial charge in [-0.05, 0) is 43.5 Å². The Balaban J connectivity index is 0. The molecule has 1 rings (SSSR count). The Kier molecular flexibility index (Phi) is 16.7. The molecule has 164 valence electrons. The largest absolute Gasteiger partial charge is 1.00 e. The van der Waals surface area contributed by atoms with Crippen LogP contribution in [-0.4, -0.2) is 30.9 Å². The predicted octanol–water partition coefficient (Wildman–Crippen LogP) is 2.12. The number of alkyl carbamates (subject to hydrolysis) is 1. The van der Waals surface area contributed by atoms with Crippen molar-refractivity contribution in [2.24, 2.45) is 0 Å². The number of esters is 2. The molecule has 0 aliphatic rings. The van der Waals surface area contributed by atoms with Gasteiger partial charge in [-0.25, -0.2) is 4.79 Å². The molecule has 9 heteroatoms. The summed E-state index contributed by atoms with van der Waals surface area (Å²) in [6.45, 7) is 4.19. The molecule has 0 bridgehead atoms. The summed E-state index contributed by atoms with van der Waals surface area (Å²) in [4.78, 5) is 35.5. The van der Waals surface area contributed by atoms with Gasteiger partial charge in [-0.1, -0.05) is 38.3 Å². The second kappa shape index (κ2) is 17.4.